The molecule has 3 rings (SSSR count). The van der Waals surface area contributed by atoms with Crippen LogP contribution in [-0.2, 0) is 26.2 Å². The van der Waals surface area contributed by atoms with Crippen molar-refractivity contribution in [1.29, 1.82) is 0 Å². The summed E-state index contributed by atoms with van der Waals surface area (Å²) >= 11 is 11.9. The second-order valence-corrected chi connectivity index (χ2v) is 11.3. The van der Waals surface area contributed by atoms with Crippen LogP contribution in [0.4, 0.5) is 5.69 Å². The second-order valence-electron chi connectivity index (χ2n) is 8.56. The zero-order valence-electron chi connectivity index (χ0n) is 19.2. The molecular formula is C24H29Cl2N3O4S. The molecule has 1 aliphatic carbocycles. The lowest BCUT2D eigenvalue weighted by Crippen LogP contribution is -2.52. The first-order valence-corrected chi connectivity index (χ1v) is 13.7. The highest BCUT2D eigenvalue weighted by molar-refractivity contribution is 7.92. The molecule has 1 atom stereocenters. The molecule has 0 saturated heterocycles. The molecule has 0 aliphatic heterocycles. The molecule has 1 N–H and O–H groups in total. The van der Waals surface area contributed by atoms with E-state index in [0.717, 1.165) is 41.8 Å². The third-order valence-electron chi connectivity index (χ3n) is 5.93. The van der Waals surface area contributed by atoms with E-state index in [1.54, 1.807) is 43.3 Å². The van der Waals surface area contributed by atoms with E-state index in [2.05, 4.69) is 5.32 Å². The van der Waals surface area contributed by atoms with Crippen molar-refractivity contribution in [3.63, 3.8) is 0 Å². The fourth-order valence-electron chi connectivity index (χ4n) is 3.98. The van der Waals surface area contributed by atoms with Gasteiger partial charge in [0.1, 0.15) is 12.6 Å². The Balaban J connectivity index is 1.86. The van der Waals surface area contributed by atoms with Gasteiger partial charge in [-0.2, -0.15) is 0 Å². The van der Waals surface area contributed by atoms with Gasteiger partial charge in [0.05, 0.1) is 11.9 Å². The number of nitrogens with one attached hydrogen (secondary N) is 1. The number of anilines is 1. The molecule has 184 valence electrons. The van der Waals surface area contributed by atoms with Gasteiger partial charge in [-0.05, 0) is 61.7 Å². The van der Waals surface area contributed by atoms with E-state index < -0.39 is 28.5 Å². The number of amides is 2. The normalized spacial score (nSPS) is 15.1. The predicted octanol–water partition coefficient (Wildman–Crippen LogP) is 4.24. The lowest BCUT2D eigenvalue weighted by molar-refractivity contribution is -0.139. The Morgan fingerprint density at radius 2 is 1.53 bits per heavy atom. The van der Waals surface area contributed by atoms with Gasteiger partial charge in [0.2, 0.25) is 21.8 Å². The van der Waals surface area contributed by atoms with Gasteiger partial charge in [-0.25, -0.2) is 8.42 Å². The molecule has 0 spiro atoms. The summed E-state index contributed by atoms with van der Waals surface area (Å²) < 4.78 is 26.1. The van der Waals surface area contributed by atoms with Gasteiger partial charge in [0.15, 0.2) is 0 Å². The molecule has 2 aromatic rings. The van der Waals surface area contributed by atoms with Crippen molar-refractivity contribution in [2.75, 3.05) is 17.1 Å². The Hall–Kier alpha value is -2.29. The largest absolute Gasteiger partial charge is 0.352 e. The van der Waals surface area contributed by atoms with Gasteiger partial charge in [-0.15, -0.1) is 0 Å². The number of nitrogens with zero attached hydrogens (tertiary/aromatic N) is 2. The molecule has 1 aliphatic rings. The number of halogens is 2. The zero-order valence-corrected chi connectivity index (χ0v) is 21.5. The molecule has 10 heteroatoms. The first-order chi connectivity index (χ1) is 16.0. The van der Waals surface area contributed by atoms with Crippen LogP contribution < -0.4 is 9.62 Å². The summed E-state index contributed by atoms with van der Waals surface area (Å²) in [6.45, 7) is 1.34. The monoisotopic (exact) mass is 525 g/mol. The summed E-state index contributed by atoms with van der Waals surface area (Å²) in [4.78, 5) is 27.9. The van der Waals surface area contributed by atoms with Crippen LogP contribution in [0.1, 0.15) is 38.2 Å². The second kappa shape index (κ2) is 11.4. The Kier molecular flexibility index (Phi) is 8.84. The fraction of sp³-hybridized carbons (Fsp3) is 0.417. The molecule has 2 amide bonds. The molecule has 0 heterocycles. The van der Waals surface area contributed by atoms with E-state index in [1.165, 1.54) is 17.0 Å². The highest BCUT2D eigenvalue weighted by Crippen LogP contribution is 2.22. The average Bonchev–Trinajstić information content (AvgIpc) is 3.29. The first kappa shape index (κ1) is 26.3. The SMILES string of the molecule is CC(C(=O)NC1CCCC1)N(Cc1ccc(Cl)cc1)C(=O)CN(c1ccc(Cl)cc1)S(C)(=O)=O. The van der Waals surface area contributed by atoms with Gasteiger partial charge in [-0.3, -0.25) is 13.9 Å². The average molecular weight is 526 g/mol. The van der Waals surface area contributed by atoms with Gasteiger partial charge >= 0.3 is 0 Å². The topological polar surface area (TPSA) is 86.8 Å². The summed E-state index contributed by atoms with van der Waals surface area (Å²) in [5.41, 5.74) is 1.09. The molecule has 7 nitrogen and oxygen atoms in total. The van der Waals surface area contributed by atoms with E-state index in [4.69, 9.17) is 23.2 Å². The van der Waals surface area contributed by atoms with E-state index in [-0.39, 0.29) is 18.5 Å². The molecule has 1 unspecified atom stereocenters. The minimum Gasteiger partial charge on any atom is -0.352 e. The Morgan fingerprint density at radius 1 is 1.00 bits per heavy atom. The Morgan fingerprint density at radius 3 is 2.06 bits per heavy atom. The van der Waals surface area contributed by atoms with Gasteiger partial charge in [-0.1, -0.05) is 48.2 Å². The molecule has 1 saturated carbocycles. The van der Waals surface area contributed by atoms with E-state index >= 15 is 0 Å². The Labute approximate surface area is 211 Å². The maximum absolute atomic E-state index is 13.5. The standard InChI is InChI=1S/C24H29Cl2N3O4S/c1-17(24(31)27-21-5-3-4-6-21)28(15-18-7-9-19(25)10-8-18)23(30)16-29(34(2,32)33)22-13-11-20(26)12-14-22/h7-14,17,21H,3-6,15-16H2,1-2H3,(H,27,31). The van der Waals surface area contributed by atoms with Crippen LogP contribution in [0.3, 0.4) is 0 Å². The van der Waals surface area contributed by atoms with Crippen molar-refractivity contribution in [3.8, 4) is 0 Å². The van der Waals surface area contributed by atoms with Crippen molar-refractivity contribution < 1.29 is 18.0 Å². The summed E-state index contributed by atoms with van der Waals surface area (Å²) in [6.07, 6.45) is 5.01. The van der Waals surface area contributed by atoms with Crippen molar-refractivity contribution >= 4 is 50.7 Å². The number of benzene rings is 2. The number of sulfonamides is 1. The number of carbonyl (C=O) groups excluding carboxylic acids is 2. The van der Waals surface area contributed by atoms with Crippen molar-refractivity contribution in [2.24, 2.45) is 0 Å². The van der Waals surface area contributed by atoms with Gasteiger partial charge < -0.3 is 10.2 Å². The maximum Gasteiger partial charge on any atom is 0.244 e. The van der Waals surface area contributed by atoms with Crippen LogP contribution in [0.2, 0.25) is 10.0 Å². The van der Waals surface area contributed by atoms with Gasteiger partial charge in [0, 0.05) is 22.6 Å². The molecule has 1 fully saturated rings. The molecule has 34 heavy (non-hydrogen) atoms. The summed E-state index contributed by atoms with van der Waals surface area (Å²) in [6, 6.07) is 12.5. The minimum atomic E-state index is -3.78. The van der Waals surface area contributed by atoms with Crippen LogP contribution in [-0.4, -0.2) is 50.0 Å². The van der Waals surface area contributed by atoms with E-state index in [0.29, 0.717) is 15.7 Å². The highest BCUT2D eigenvalue weighted by Gasteiger charge is 2.31. The highest BCUT2D eigenvalue weighted by atomic mass is 35.5. The predicted molar refractivity (Wildman–Crippen MR) is 136 cm³/mol. The van der Waals surface area contributed by atoms with Crippen molar-refractivity contribution in [1.82, 2.24) is 10.2 Å². The number of hydrogen-bond donors (Lipinski definition) is 1. The van der Waals surface area contributed by atoms with Crippen LogP contribution in [0.15, 0.2) is 48.5 Å². The quantitative estimate of drug-likeness (QED) is 0.530. The van der Waals surface area contributed by atoms with E-state index in [9.17, 15) is 18.0 Å². The number of carbonyl (C=O) groups is 2. The van der Waals surface area contributed by atoms with Crippen LogP contribution >= 0.6 is 23.2 Å². The first-order valence-electron chi connectivity index (χ1n) is 11.1. The third-order valence-corrected chi connectivity index (χ3v) is 7.57. The van der Waals surface area contributed by atoms with Gasteiger partial charge in [0.25, 0.3) is 0 Å². The van der Waals surface area contributed by atoms with Crippen molar-refractivity contribution in [3.05, 3.63) is 64.1 Å². The Bertz CT molecular complexity index is 1100. The summed E-state index contributed by atoms with van der Waals surface area (Å²) in [5, 5.41) is 4.03. The van der Waals surface area contributed by atoms with Crippen LogP contribution in [0.25, 0.3) is 0 Å². The van der Waals surface area contributed by atoms with E-state index in [1.807, 2.05) is 0 Å². The number of rotatable bonds is 9. The molecule has 0 aromatic heterocycles. The smallest absolute Gasteiger partial charge is 0.244 e. The summed E-state index contributed by atoms with van der Waals surface area (Å²) in [5.74, 6) is -0.754. The van der Waals surface area contributed by atoms with Crippen LogP contribution in [0.5, 0.6) is 0 Å². The molecular weight excluding hydrogens is 497 g/mol. The fourth-order valence-corrected chi connectivity index (χ4v) is 5.08. The lowest BCUT2D eigenvalue weighted by atomic mass is 10.1. The molecule has 2 aromatic carbocycles. The lowest BCUT2D eigenvalue weighted by Gasteiger charge is -2.32. The number of hydrogen-bond acceptors (Lipinski definition) is 4. The van der Waals surface area contributed by atoms with Crippen LogP contribution in [0, 0.1) is 0 Å². The molecule has 0 radical (unpaired) electrons. The van der Waals surface area contributed by atoms with Crippen molar-refractivity contribution in [2.45, 2.75) is 51.2 Å². The molecule has 0 bridgehead atoms. The zero-order chi connectivity index (χ0) is 24.9. The maximum atomic E-state index is 13.5. The third kappa shape index (κ3) is 7.10. The summed E-state index contributed by atoms with van der Waals surface area (Å²) in [7, 11) is -3.78. The minimum absolute atomic E-state index is 0.101.